The predicted molar refractivity (Wildman–Crippen MR) is 56.8 cm³/mol. The quantitative estimate of drug-likeness (QED) is 0.614. The van der Waals surface area contributed by atoms with E-state index in [4.69, 9.17) is 19.1 Å². The van der Waals surface area contributed by atoms with Gasteiger partial charge in [-0.1, -0.05) is 0 Å². The molecule has 2 atom stereocenters. The van der Waals surface area contributed by atoms with Crippen molar-refractivity contribution >= 4 is 30.5 Å². The van der Waals surface area contributed by atoms with E-state index in [0.717, 1.165) is 0 Å². The van der Waals surface area contributed by atoms with Crippen LogP contribution in [0, 0.1) is 0 Å². The molecule has 0 aromatic rings. The summed E-state index contributed by atoms with van der Waals surface area (Å²) in [4.78, 5) is 7.94. The maximum atomic E-state index is 4.81. The first-order valence-electron chi connectivity index (χ1n) is 3.93. The average Bonchev–Trinajstić information content (AvgIpc) is 2.84. The molecule has 0 saturated heterocycles. The first-order valence-corrected chi connectivity index (χ1v) is 7.94. The minimum atomic E-state index is -0.106. The molecule has 2 aliphatic rings. The third-order valence-electron chi connectivity index (χ3n) is 1.87. The number of aliphatic imine (C=N–C) groups is 2. The third kappa shape index (κ3) is 8.90. The fourth-order valence-electron chi connectivity index (χ4n) is 0.536. The Kier molecular flexibility index (Phi) is 7.26. The van der Waals surface area contributed by atoms with Crippen LogP contribution in [0.3, 0.4) is 0 Å². The number of halogens is 2. The van der Waals surface area contributed by atoms with E-state index in [1.807, 2.05) is 13.8 Å². The van der Waals surface area contributed by atoms with E-state index in [0.29, 0.717) is 12.1 Å². The van der Waals surface area contributed by atoms with Crippen LogP contribution < -0.4 is 0 Å². The molecule has 0 radical (unpaired) electrons. The second-order valence-electron chi connectivity index (χ2n) is 2.94. The Labute approximate surface area is 95.9 Å². The number of hydrogen-bond donors (Lipinski definition) is 0. The molecule has 2 heterocycles. The summed E-state index contributed by atoms with van der Waals surface area (Å²) in [6, 6.07) is 1.19. The third-order valence-corrected chi connectivity index (χ3v) is 1.87. The summed E-state index contributed by atoms with van der Waals surface area (Å²) in [6.07, 6.45) is 0. The van der Waals surface area contributed by atoms with E-state index in [1.54, 1.807) is 0 Å². The Balaban J connectivity index is 0.000000174. The van der Waals surface area contributed by atoms with Crippen molar-refractivity contribution in [3.63, 3.8) is 0 Å². The average molecular weight is 316 g/mol. The second kappa shape index (κ2) is 6.95. The molecule has 5 heteroatoms. The maximum absolute atomic E-state index is 4.81. The summed E-state index contributed by atoms with van der Waals surface area (Å²) >= 11 is -0.106. The van der Waals surface area contributed by atoms with Crippen molar-refractivity contribution in [2.45, 2.75) is 39.8 Å². The molecule has 0 N–H and O–H groups in total. The summed E-state index contributed by atoms with van der Waals surface area (Å²) in [5.41, 5.74) is 2.59. The molecule has 0 saturated carbocycles. The van der Waals surface area contributed by atoms with Crippen molar-refractivity contribution in [1.29, 1.82) is 0 Å². The van der Waals surface area contributed by atoms with Crippen LogP contribution in [0.2, 0.25) is 0 Å². The molecule has 2 nitrogen and oxygen atoms in total. The Bertz CT molecular complexity index is 194. The van der Waals surface area contributed by atoms with Gasteiger partial charge in [0, 0.05) is 11.4 Å². The second-order valence-corrected chi connectivity index (χ2v) is 5.30. The van der Waals surface area contributed by atoms with Gasteiger partial charge in [-0.3, -0.25) is 9.98 Å². The van der Waals surface area contributed by atoms with E-state index < -0.39 is 0 Å². The first kappa shape index (κ1) is 13.6. The summed E-state index contributed by atoms with van der Waals surface area (Å²) in [7, 11) is 9.63. The van der Waals surface area contributed by atoms with Crippen LogP contribution in [0.25, 0.3) is 0 Å². The Morgan fingerprint density at radius 1 is 1.00 bits per heavy atom. The minimum absolute atomic E-state index is 0.106. The van der Waals surface area contributed by atoms with Crippen LogP contribution in [-0.4, -0.2) is 23.5 Å². The normalized spacial score (nSPS) is 27.2. The van der Waals surface area contributed by atoms with Crippen molar-refractivity contribution < 1.29 is 15.9 Å². The fourth-order valence-corrected chi connectivity index (χ4v) is 0.536. The molecular weight excluding hydrogens is 301 g/mol. The Hall–Kier alpha value is 0.582. The standard InChI is InChI=1S/2C4H7N.2ClH.Pd/c2*1-3-4(2)5-3;;;/h2*3H,1-2H3;2*1H;/q;;;;+2/p-2. The van der Waals surface area contributed by atoms with Gasteiger partial charge in [-0.25, -0.2) is 0 Å². The van der Waals surface area contributed by atoms with E-state index in [1.165, 1.54) is 11.4 Å². The molecule has 13 heavy (non-hydrogen) atoms. The van der Waals surface area contributed by atoms with Crippen LogP contribution >= 0.6 is 19.1 Å². The molecule has 0 aromatic heterocycles. The Morgan fingerprint density at radius 3 is 1.08 bits per heavy atom. The van der Waals surface area contributed by atoms with Gasteiger partial charge in [-0.15, -0.1) is 0 Å². The van der Waals surface area contributed by atoms with Gasteiger partial charge in [0.15, 0.2) is 0 Å². The van der Waals surface area contributed by atoms with Gasteiger partial charge in [0.25, 0.3) is 0 Å². The van der Waals surface area contributed by atoms with Crippen LogP contribution in [0.5, 0.6) is 0 Å². The number of rotatable bonds is 0. The molecule has 2 unspecified atom stereocenters. The van der Waals surface area contributed by atoms with Crippen molar-refractivity contribution in [2.24, 2.45) is 9.98 Å². The van der Waals surface area contributed by atoms with E-state index >= 15 is 0 Å². The van der Waals surface area contributed by atoms with Gasteiger partial charge in [-0.05, 0) is 27.7 Å². The molecule has 80 valence electrons. The van der Waals surface area contributed by atoms with Gasteiger partial charge < -0.3 is 0 Å². The van der Waals surface area contributed by atoms with Gasteiger partial charge in [0.05, 0.1) is 12.1 Å². The fraction of sp³-hybridized carbons (Fsp3) is 0.750. The van der Waals surface area contributed by atoms with Crippen molar-refractivity contribution in [1.82, 2.24) is 0 Å². The van der Waals surface area contributed by atoms with Crippen LogP contribution in [0.1, 0.15) is 27.7 Å². The van der Waals surface area contributed by atoms with Gasteiger partial charge in [0.2, 0.25) is 0 Å². The van der Waals surface area contributed by atoms with Crippen molar-refractivity contribution in [3.05, 3.63) is 0 Å². The van der Waals surface area contributed by atoms with Crippen molar-refractivity contribution in [2.75, 3.05) is 0 Å². The molecule has 2 rings (SSSR count). The van der Waals surface area contributed by atoms with Gasteiger partial charge >= 0.3 is 35.0 Å². The Morgan fingerprint density at radius 2 is 1.08 bits per heavy atom. The van der Waals surface area contributed by atoms with Crippen LogP contribution in [0.4, 0.5) is 0 Å². The molecule has 0 fully saturated rings. The zero-order valence-corrected chi connectivity index (χ0v) is 11.2. The molecule has 0 amide bonds. The van der Waals surface area contributed by atoms with Crippen LogP contribution in [0.15, 0.2) is 9.98 Å². The number of hydrogen-bond acceptors (Lipinski definition) is 2. The first-order chi connectivity index (χ1) is 6.02. The van der Waals surface area contributed by atoms with E-state index in [-0.39, 0.29) is 15.9 Å². The number of nitrogens with zero attached hydrogens (tertiary/aromatic N) is 2. The topological polar surface area (TPSA) is 24.7 Å². The molecule has 0 aromatic carbocycles. The van der Waals surface area contributed by atoms with Crippen LogP contribution in [-0.2, 0) is 15.9 Å². The van der Waals surface area contributed by atoms with Gasteiger partial charge in [-0.2, -0.15) is 0 Å². The summed E-state index contributed by atoms with van der Waals surface area (Å²) in [5.74, 6) is 0. The zero-order chi connectivity index (χ0) is 10.4. The summed E-state index contributed by atoms with van der Waals surface area (Å²) in [6.45, 7) is 8.28. The molecule has 0 aliphatic carbocycles. The van der Waals surface area contributed by atoms with E-state index in [2.05, 4.69) is 23.8 Å². The van der Waals surface area contributed by atoms with E-state index in [9.17, 15) is 0 Å². The molecular formula is C8H14Cl2N2Pd. The zero-order valence-electron chi connectivity index (χ0n) is 8.12. The predicted octanol–water partition coefficient (Wildman–Crippen LogP) is 3.08. The molecule has 0 bridgehead atoms. The summed E-state index contributed by atoms with van der Waals surface area (Å²) in [5, 5.41) is 0. The van der Waals surface area contributed by atoms with Crippen molar-refractivity contribution in [3.8, 4) is 0 Å². The molecule has 0 spiro atoms. The summed E-state index contributed by atoms with van der Waals surface area (Å²) < 4.78 is 0. The molecule has 2 aliphatic heterocycles. The monoisotopic (exact) mass is 314 g/mol. The van der Waals surface area contributed by atoms with Gasteiger partial charge in [0.1, 0.15) is 0 Å². The SMILES string of the molecule is CC1=NC1C.CC1=NC1C.[Cl][Pd][Cl].